The number of nitrogens with one attached hydrogen (secondary N) is 1. The molecule has 0 bridgehead atoms. The second kappa shape index (κ2) is 6.39. The van der Waals surface area contributed by atoms with E-state index in [1.165, 1.54) is 38.5 Å². The molecule has 0 heterocycles. The Hall–Kier alpha value is -0.570. The van der Waals surface area contributed by atoms with E-state index in [0.717, 1.165) is 25.3 Å². The molecule has 3 heteroatoms. The quantitative estimate of drug-likeness (QED) is 0.771. The first-order valence-electron chi connectivity index (χ1n) is 7.28. The van der Waals surface area contributed by atoms with Gasteiger partial charge in [0.2, 0.25) is 5.91 Å². The summed E-state index contributed by atoms with van der Waals surface area (Å²) in [5, 5.41) is 3.06. The summed E-state index contributed by atoms with van der Waals surface area (Å²) in [6, 6.07) is 0.310. The van der Waals surface area contributed by atoms with Gasteiger partial charge in [-0.05, 0) is 31.1 Å². The van der Waals surface area contributed by atoms with E-state index < -0.39 is 0 Å². The van der Waals surface area contributed by atoms with Gasteiger partial charge in [-0.3, -0.25) is 4.79 Å². The van der Waals surface area contributed by atoms with Gasteiger partial charge in [0.25, 0.3) is 0 Å². The minimum atomic E-state index is 0.232. The van der Waals surface area contributed by atoms with Gasteiger partial charge in [0, 0.05) is 19.0 Å². The fraction of sp³-hybridized carbons (Fsp3) is 0.929. The minimum Gasteiger partial charge on any atom is -0.356 e. The normalized spacial score (nSPS) is 29.7. The smallest absolute Gasteiger partial charge is 0.220 e. The van der Waals surface area contributed by atoms with Crippen LogP contribution in [0.15, 0.2) is 0 Å². The van der Waals surface area contributed by atoms with E-state index in [2.05, 4.69) is 5.32 Å². The largest absolute Gasteiger partial charge is 0.356 e. The first-order valence-corrected chi connectivity index (χ1v) is 7.28. The molecule has 2 aliphatic rings. The zero-order valence-corrected chi connectivity index (χ0v) is 10.8. The monoisotopic (exact) mass is 238 g/mol. The molecule has 3 nitrogen and oxygen atoms in total. The van der Waals surface area contributed by atoms with Gasteiger partial charge in [-0.2, -0.15) is 0 Å². The van der Waals surface area contributed by atoms with Gasteiger partial charge in [-0.15, -0.1) is 0 Å². The molecule has 0 aromatic carbocycles. The number of amides is 1. The van der Waals surface area contributed by atoms with E-state index in [-0.39, 0.29) is 5.91 Å². The first kappa shape index (κ1) is 12.9. The summed E-state index contributed by atoms with van der Waals surface area (Å²) in [5.41, 5.74) is 5.99. The number of carbonyl (C=O) groups excluding carboxylic acids is 1. The SMILES string of the molecule is NC1CCCC1CNC(=O)CCC1CCCC1. The third kappa shape index (κ3) is 3.98. The molecule has 0 saturated heterocycles. The predicted molar refractivity (Wildman–Crippen MR) is 69.5 cm³/mol. The second-order valence-electron chi connectivity index (χ2n) is 5.85. The summed E-state index contributed by atoms with van der Waals surface area (Å²) in [6.07, 6.45) is 10.7. The standard InChI is InChI=1S/C14H26N2O/c15-13-7-3-6-12(13)10-16-14(17)9-8-11-4-1-2-5-11/h11-13H,1-10,15H2,(H,16,17). The summed E-state index contributed by atoms with van der Waals surface area (Å²) in [6.45, 7) is 0.796. The molecule has 98 valence electrons. The van der Waals surface area contributed by atoms with Crippen LogP contribution in [0.1, 0.15) is 57.8 Å². The third-order valence-corrected chi connectivity index (χ3v) is 4.53. The van der Waals surface area contributed by atoms with Gasteiger partial charge in [-0.1, -0.05) is 32.1 Å². The van der Waals surface area contributed by atoms with Gasteiger partial charge in [-0.25, -0.2) is 0 Å². The number of carbonyl (C=O) groups is 1. The topological polar surface area (TPSA) is 55.1 Å². The molecule has 0 spiro atoms. The van der Waals surface area contributed by atoms with Gasteiger partial charge < -0.3 is 11.1 Å². The highest BCUT2D eigenvalue weighted by Gasteiger charge is 2.24. The van der Waals surface area contributed by atoms with Gasteiger partial charge >= 0.3 is 0 Å². The Morgan fingerprint density at radius 3 is 2.53 bits per heavy atom. The van der Waals surface area contributed by atoms with E-state index in [1.807, 2.05) is 0 Å². The number of hydrogen-bond acceptors (Lipinski definition) is 2. The third-order valence-electron chi connectivity index (χ3n) is 4.53. The molecule has 0 aliphatic heterocycles. The summed E-state index contributed by atoms with van der Waals surface area (Å²) >= 11 is 0. The Kier molecular flexibility index (Phi) is 4.84. The fourth-order valence-electron chi connectivity index (χ4n) is 3.29. The summed E-state index contributed by atoms with van der Waals surface area (Å²) in [5.74, 6) is 1.57. The van der Waals surface area contributed by atoms with Crippen LogP contribution in [-0.2, 0) is 4.79 Å². The molecule has 2 rings (SSSR count). The van der Waals surface area contributed by atoms with Crippen LogP contribution in [0.2, 0.25) is 0 Å². The van der Waals surface area contributed by atoms with Crippen molar-refractivity contribution in [3.8, 4) is 0 Å². The van der Waals surface area contributed by atoms with Crippen LogP contribution in [0.5, 0.6) is 0 Å². The highest BCUT2D eigenvalue weighted by atomic mass is 16.1. The van der Waals surface area contributed by atoms with E-state index in [9.17, 15) is 4.79 Å². The first-order chi connectivity index (χ1) is 8.25. The molecule has 2 atom stereocenters. The van der Waals surface area contributed by atoms with Crippen LogP contribution in [0.4, 0.5) is 0 Å². The van der Waals surface area contributed by atoms with Crippen molar-refractivity contribution < 1.29 is 4.79 Å². The van der Waals surface area contributed by atoms with Crippen molar-refractivity contribution in [2.24, 2.45) is 17.6 Å². The lowest BCUT2D eigenvalue weighted by molar-refractivity contribution is -0.121. The molecular formula is C14H26N2O. The van der Waals surface area contributed by atoms with Gasteiger partial charge in [0.05, 0.1) is 0 Å². The number of nitrogens with two attached hydrogens (primary N) is 1. The van der Waals surface area contributed by atoms with Crippen LogP contribution in [-0.4, -0.2) is 18.5 Å². The van der Waals surface area contributed by atoms with Crippen molar-refractivity contribution in [1.82, 2.24) is 5.32 Å². The molecule has 2 aliphatic carbocycles. The van der Waals surface area contributed by atoms with Crippen LogP contribution in [0.25, 0.3) is 0 Å². The lowest BCUT2D eigenvalue weighted by atomic mass is 10.0. The zero-order chi connectivity index (χ0) is 12.1. The van der Waals surface area contributed by atoms with Crippen molar-refractivity contribution in [3.63, 3.8) is 0 Å². The lowest BCUT2D eigenvalue weighted by Gasteiger charge is -2.16. The maximum absolute atomic E-state index is 11.7. The van der Waals surface area contributed by atoms with E-state index in [4.69, 9.17) is 5.73 Å². The Balaban J connectivity index is 1.57. The molecule has 0 aromatic heterocycles. The highest BCUT2D eigenvalue weighted by Crippen LogP contribution is 2.28. The molecule has 2 saturated carbocycles. The zero-order valence-electron chi connectivity index (χ0n) is 10.8. The fourth-order valence-corrected chi connectivity index (χ4v) is 3.29. The summed E-state index contributed by atoms with van der Waals surface area (Å²) in [4.78, 5) is 11.7. The Morgan fingerprint density at radius 2 is 1.88 bits per heavy atom. The molecule has 1 amide bonds. The van der Waals surface area contributed by atoms with Gasteiger partial charge in [0.15, 0.2) is 0 Å². The Labute approximate surface area is 105 Å². The Morgan fingerprint density at radius 1 is 1.12 bits per heavy atom. The van der Waals surface area contributed by atoms with E-state index in [0.29, 0.717) is 18.4 Å². The summed E-state index contributed by atoms with van der Waals surface area (Å²) < 4.78 is 0. The molecule has 3 N–H and O–H groups in total. The van der Waals surface area contributed by atoms with Crippen LogP contribution < -0.4 is 11.1 Å². The molecule has 0 aromatic rings. The second-order valence-corrected chi connectivity index (χ2v) is 5.85. The molecule has 2 unspecified atom stereocenters. The average molecular weight is 238 g/mol. The van der Waals surface area contributed by atoms with Gasteiger partial charge in [0.1, 0.15) is 0 Å². The van der Waals surface area contributed by atoms with Crippen molar-refractivity contribution in [1.29, 1.82) is 0 Å². The molecule has 2 fully saturated rings. The van der Waals surface area contributed by atoms with Crippen LogP contribution in [0.3, 0.4) is 0 Å². The highest BCUT2D eigenvalue weighted by molar-refractivity contribution is 5.75. The molecule has 0 radical (unpaired) electrons. The van der Waals surface area contributed by atoms with Crippen molar-refractivity contribution in [3.05, 3.63) is 0 Å². The maximum atomic E-state index is 11.7. The maximum Gasteiger partial charge on any atom is 0.220 e. The van der Waals surface area contributed by atoms with Crippen molar-refractivity contribution in [2.45, 2.75) is 63.8 Å². The number of rotatable bonds is 5. The average Bonchev–Trinajstić information content (AvgIpc) is 2.95. The summed E-state index contributed by atoms with van der Waals surface area (Å²) in [7, 11) is 0. The van der Waals surface area contributed by atoms with E-state index >= 15 is 0 Å². The van der Waals surface area contributed by atoms with Crippen LogP contribution in [0, 0.1) is 11.8 Å². The minimum absolute atomic E-state index is 0.232. The van der Waals surface area contributed by atoms with Crippen molar-refractivity contribution in [2.75, 3.05) is 6.54 Å². The predicted octanol–water partition coefficient (Wildman–Crippen LogP) is 2.20. The Bertz CT molecular complexity index is 249. The molecule has 17 heavy (non-hydrogen) atoms. The lowest BCUT2D eigenvalue weighted by Crippen LogP contribution is -2.36. The molecular weight excluding hydrogens is 212 g/mol. The van der Waals surface area contributed by atoms with Crippen LogP contribution >= 0.6 is 0 Å². The number of hydrogen-bond donors (Lipinski definition) is 2. The van der Waals surface area contributed by atoms with E-state index in [1.54, 1.807) is 0 Å². The van der Waals surface area contributed by atoms with Crippen molar-refractivity contribution >= 4 is 5.91 Å².